The molecule has 8 heteroatoms. The van der Waals surface area contributed by atoms with E-state index in [1.807, 2.05) is 17.6 Å². The second kappa shape index (κ2) is 7.41. The minimum atomic E-state index is 0.262. The largest absolute Gasteiger partial charge is 0.402 e. The van der Waals surface area contributed by atoms with Crippen molar-refractivity contribution in [1.29, 1.82) is 5.26 Å². The van der Waals surface area contributed by atoms with Gasteiger partial charge in [-0.3, -0.25) is 4.99 Å². The number of aromatic nitrogens is 1. The first kappa shape index (κ1) is 17.6. The average molecular weight is 383 g/mol. The van der Waals surface area contributed by atoms with Crippen molar-refractivity contribution >= 4 is 50.3 Å². The molecule has 0 radical (unpaired) electrons. The zero-order valence-corrected chi connectivity index (χ0v) is 16.6. The molecule has 5 nitrogen and oxygen atoms in total. The van der Waals surface area contributed by atoms with Crippen LogP contribution in [0.3, 0.4) is 0 Å². The Balaban J connectivity index is 1.50. The van der Waals surface area contributed by atoms with Gasteiger partial charge < -0.3 is 10.6 Å². The van der Waals surface area contributed by atoms with Gasteiger partial charge in [-0.05, 0) is 12.0 Å². The van der Waals surface area contributed by atoms with E-state index in [9.17, 15) is 0 Å². The lowest BCUT2D eigenvalue weighted by atomic mass is 9.42. The third kappa shape index (κ3) is 3.38. The number of thiophene rings is 1. The third-order valence-corrected chi connectivity index (χ3v) is 7.77. The molecule has 0 aliphatic carbocycles. The van der Waals surface area contributed by atoms with Gasteiger partial charge in [0.05, 0.1) is 4.70 Å². The fourth-order valence-electron chi connectivity index (χ4n) is 3.83. The van der Waals surface area contributed by atoms with Gasteiger partial charge in [0.2, 0.25) is 0 Å². The molecule has 0 spiro atoms. The van der Waals surface area contributed by atoms with Gasteiger partial charge in [-0.15, -0.1) is 11.3 Å². The Morgan fingerprint density at radius 1 is 1.42 bits per heavy atom. The summed E-state index contributed by atoms with van der Waals surface area (Å²) in [6.45, 7) is 1.96. The van der Waals surface area contributed by atoms with Crippen molar-refractivity contribution < 1.29 is 0 Å². The molecule has 0 unspecified atom stereocenters. The standard InChI is InChI=1S/C18H22BN5S2/c1-22-9-13-10-24(7-4-14(13)21)18-23-17-16(26-18)8-15(25-17)12-2-5-19(11-20)6-3-12/h8-9,12H,2-7,10,21H2,1H3. The fourth-order valence-corrected chi connectivity index (χ4v) is 6.24. The highest BCUT2D eigenvalue weighted by atomic mass is 32.1. The van der Waals surface area contributed by atoms with Crippen LogP contribution in [-0.2, 0) is 0 Å². The van der Waals surface area contributed by atoms with E-state index in [2.05, 4.69) is 21.9 Å². The molecule has 2 aliphatic rings. The predicted octanol–water partition coefficient (Wildman–Crippen LogP) is 3.92. The molecule has 0 aromatic carbocycles. The van der Waals surface area contributed by atoms with Crippen molar-refractivity contribution in [3.8, 4) is 5.97 Å². The zero-order valence-electron chi connectivity index (χ0n) is 14.9. The number of rotatable bonds is 3. The molecule has 1 saturated heterocycles. The van der Waals surface area contributed by atoms with Crippen LogP contribution in [0.4, 0.5) is 5.13 Å². The summed E-state index contributed by atoms with van der Waals surface area (Å²) in [6, 6.07) is 2.33. The first-order valence-electron chi connectivity index (χ1n) is 9.12. The van der Waals surface area contributed by atoms with E-state index in [-0.39, 0.29) is 6.71 Å². The van der Waals surface area contributed by atoms with E-state index in [0.29, 0.717) is 5.92 Å². The van der Waals surface area contributed by atoms with Crippen LogP contribution in [0.15, 0.2) is 22.3 Å². The highest BCUT2D eigenvalue weighted by Gasteiger charge is 2.27. The van der Waals surface area contributed by atoms with Crippen LogP contribution in [0.2, 0.25) is 12.6 Å². The van der Waals surface area contributed by atoms with E-state index in [4.69, 9.17) is 16.0 Å². The maximum absolute atomic E-state index is 9.07. The van der Waals surface area contributed by atoms with Gasteiger partial charge in [0.1, 0.15) is 4.83 Å². The van der Waals surface area contributed by atoms with Gasteiger partial charge in [-0.25, -0.2) is 10.2 Å². The molecule has 134 valence electrons. The number of hydrogen-bond donors (Lipinski definition) is 1. The number of nitriles is 1. The molecular weight excluding hydrogens is 361 g/mol. The van der Waals surface area contributed by atoms with Crippen molar-refractivity contribution in [2.24, 2.45) is 10.7 Å². The lowest BCUT2D eigenvalue weighted by Gasteiger charge is -2.27. The minimum Gasteiger partial charge on any atom is -0.402 e. The second-order valence-corrected chi connectivity index (χ2v) is 9.17. The molecule has 1 fully saturated rings. The third-order valence-electron chi connectivity index (χ3n) is 5.39. The van der Waals surface area contributed by atoms with E-state index < -0.39 is 0 Å². The molecule has 26 heavy (non-hydrogen) atoms. The zero-order chi connectivity index (χ0) is 18.1. The molecule has 0 amide bonds. The quantitative estimate of drug-likeness (QED) is 0.644. The van der Waals surface area contributed by atoms with Crippen LogP contribution >= 0.6 is 22.7 Å². The van der Waals surface area contributed by atoms with Crippen LogP contribution in [0.1, 0.15) is 30.1 Å². The fraction of sp³-hybridized carbons (Fsp3) is 0.500. The van der Waals surface area contributed by atoms with Crippen molar-refractivity contribution in [2.75, 3.05) is 25.0 Å². The number of fused-ring (bicyclic) bond motifs is 1. The molecule has 2 N–H and O–H groups in total. The number of nitrogens with zero attached hydrogens (tertiary/aromatic N) is 4. The van der Waals surface area contributed by atoms with Crippen LogP contribution in [0, 0.1) is 11.2 Å². The Kier molecular flexibility index (Phi) is 5.01. The maximum Gasteiger partial charge on any atom is 0.267 e. The molecule has 4 heterocycles. The first-order valence-corrected chi connectivity index (χ1v) is 10.8. The van der Waals surface area contributed by atoms with E-state index >= 15 is 0 Å². The molecular formula is C18H22BN5S2. The van der Waals surface area contributed by atoms with Gasteiger partial charge >= 0.3 is 0 Å². The Morgan fingerprint density at radius 3 is 2.92 bits per heavy atom. The molecule has 2 aliphatic heterocycles. The summed E-state index contributed by atoms with van der Waals surface area (Å²) in [7, 11) is 1.78. The SMILES string of the molecule is CN=CC1=C(N)CCN(c2nc3sc(C4CCB(C#N)CC4)cc3s2)C1. The lowest BCUT2D eigenvalue weighted by Crippen LogP contribution is -2.33. The summed E-state index contributed by atoms with van der Waals surface area (Å²) in [5.74, 6) is 3.03. The van der Waals surface area contributed by atoms with Crippen LogP contribution in [-0.4, -0.2) is 38.0 Å². The number of hydrogen-bond acceptors (Lipinski definition) is 7. The second-order valence-electron chi connectivity index (χ2n) is 7.10. The highest BCUT2D eigenvalue weighted by molar-refractivity contribution is 7.29. The summed E-state index contributed by atoms with van der Waals surface area (Å²) in [6.07, 6.45) is 7.07. The molecule has 2 aromatic heterocycles. The van der Waals surface area contributed by atoms with E-state index in [1.165, 1.54) is 9.58 Å². The average Bonchev–Trinajstić information content (AvgIpc) is 3.23. The molecule has 0 bridgehead atoms. The topological polar surface area (TPSA) is 78.3 Å². The maximum atomic E-state index is 9.07. The number of aliphatic imine (C=N–C) groups is 1. The summed E-state index contributed by atoms with van der Waals surface area (Å²) in [5, 5.41) is 10.2. The highest BCUT2D eigenvalue weighted by Crippen LogP contribution is 2.42. The molecule has 0 atom stereocenters. The van der Waals surface area contributed by atoms with E-state index in [1.54, 1.807) is 18.4 Å². The Labute approximate surface area is 162 Å². The molecule has 0 saturated carbocycles. The number of nitrogens with two attached hydrogens (primary N) is 1. The molecule has 4 rings (SSSR count). The van der Waals surface area contributed by atoms with Gasteiger partial charge in [0.25, 0.3) is 6.71 Å². The van der Waals surface area contributed by atoms with Crippen molar-refractivity contribution in [3.05, 3.63) is 22.2 Å². The van der Waals surface area contributed by atoms with Crippen LogP contribution < -0.4 is 10.6 Å². The number of anilines is 1. The van der Waals surface area contributed by atoms with Gasteiger partial charge in [-0.2, -0.15) is 0 Å². The Morgan fingerprint density at radius 2 is 2.23 bits per heavy atom. The lowest BCUT2D eigenvalue weighted by molar-refractivity contribution is 0.621. The summed E-state index contributed by atoms with van der Waals surface area (Å²) in [5.41, 5.74) is 8.16. The molecule has 2 aromatic rings. The first-order chi connectivity index (χ1) is 12.7. The number of thiazole rings is 1. The van der Waals surface area contributed by atoms with Crippen LogP contribution in [0.25, 0.3) is 9.53 Å². The minimum absolute atomic E-state index is 0.262. The van der Waals surface area contributed by atoms with Gasteiger partial charge in [0, 0.05) is 54.9 Å². The van der Waals surface area contributed by atoms with Crippen molar-refractivity contribution in [2.45, 2.75) is 37.8 Å². The van der Waals surface area contributed by atoms with Gasteiger partial charge in [0.15, 0.2) is 5.13 Å². The van der Waals surface area contributed by atoms with Crippen molar-refractivity contribution in [1.82, 2.24) is 4.98 Å². The Hall–Kier alpha value is -1.85. The van der Waals surface area contributed by atoms with Crippen molar-refractivity contribution in [3.63, 3.8) is 0 Å². The predicted molar refractivity (Wildman–Crippen MR) is 113 cm³/mol. The van der Waals surface area contributed by atoms with Crippen LogP contribution in [0.5, 0.6) is 0 Å². The van der Waals surface area contributed by atoms with Gasteiger partial charge in [-0.1, -0.05) is 36.8 Å². The monoisotopic (exact) mass is 383 g/mol. The summed E-state index contributed by atoms with van der Waals surface area (Å²) >= 11 is 3.62. The smallest absolute Gasteiger partial charge is 0.267 e. The normalized spacial score (nSPS) is 19.7. The van der Waals surface area contributed by atoms with E-state index in [0.717, 1.165) is 66.2 Å². The summed E-state index contributed by atoms with van der Waals surface area (Å²) in [4.78, 5) is 13.9. The summed E-state index contributed by atoms with van der Waals surface area (Å²) < 4.78 is 1.29. The Bertz CT molecular complexity index is 867.